The molecule has 0 N–H and O–H groups in total. The summed E-state index contributed by atoms with van der Waals surface area (Å²) >= 11 is 0. The Labute approximate surface area is 130 Å². The van der Waals surface area contributed by atoms with Gasteiger partial charge in [0.2, 0.25) is 5.79 Å². The summed E-state index contributed by atoms with van der Waals surface area (Å²) in [5, 5.41) is 18.6. The first-order valence-corrected chi connectivity index (χ1v) is 6.78. The van der Waals surface area contributed by atoms with Gasteiger partial charge in [-0.05, 0) is 11.6 Å². The minimum atomic E-state index is -1.28. The number of methoxy groups -OCH3 is 2. The molecular weight excluding hydrogens is 276 g/mol. The first-order valence-electron chi connectivity index (χ1n) is 6.78. The molecule has 0 aromatic heterocycles. The molecule has 2 rings (SSSR count). The second kappa shape index (κ2) is 6.87. The standard InChI is InChI=1S/C18H16N2O2/c1-21-18(22-2)16(10-8-14-6-4-3-5-7-14)11-9-15(12-19)17(18)13-20/h3-11,16H,1-2H3. The van der Waals surface area contributed by atoms with Gasteiger partial charge in [-0.3, -0.25) is 0 Å². The van der Waals surface area contributed by atoms with Crippen LogP contribution in [0, 0.1) is 28.6 Å². The van der Waals surface area contributed by atoms with Crippen LogP contribution in [0.2, 0.25) is 0 Å². The van der Waals surface area contributed by atoms with Gasteiger partial charge in [0, 0.05) is 14.2 Å². The zero-order chi connectivity index (χ0) is 16.0. The molecule has 1 unspecified atom stereocenters. The average molecular weight is 292 g/mol. The van der Waals surface area contributed by atoms with E-state index in [2.05, 4.69) is 0 Å². The quantitative estimate of drug-likeness (QED) is 0.799. The normalized spacial score (nSPS) is 19.9. The second-order valence-corrected chi connectivity index (χ2v) is 4.74. The van der Waals surface area contributed by atoms with Gasteiger partial charge in [-0.15, -0.1) is 0 Å². The number of ether oxygens (including phenoxy) is 2. The van der Waals surface area contributed by atoms with Crippen molar-refractivity contribution >= 4 is 6.08 Å². The number of hydrogen-bond acceptors (Lipinski definition) is 4. The summed E-state index contributed by atoms with van der Waals surface area (Å²) in [4.78, 5) is 0. The van der Waals surface area contributed by atoms with E-state index < -0.39 is 5.79 Å². The molecule has 22 heavy (non-hydrogen) atoms. The van der Waals surface area contributed by atoms with Crippen LogP contribution < -0.4 is 0 Å². The highest BCUT2D eigenvalue weighted by Crippen LogP contribution is 2.38. The fourth-order valence-electron chi connectivity index (χ4n) is 2.52. The maximum atomic E-state index is 9.42. The Morgan fingerprint density at radius 2 is 1.77 bits per heavy atom. The molecular formula is C18H16N2O2. The highest BCUT2D eigenvalue weighted by molar-refractivity contribution is 5.55. The summed E-state index contributed by atoms with van der Waals surface area (Å²) in [5.41, 5.74) is 1.48. The van der Waals surface area contributed by atoms with E-state index >= 15 is 0 Å². The van der Waals surface area contributed by atoms with Gasteiger partial charge in [-0.2, -0.15) is 10.5 Å². The maximum absolute atomic E-state index is 9.42. The molecule has 1 atom stereocenters. The SMILES string of the molecule is COC1(OC)C(C#N)=C(C#N)C=CC1C=Cc1ccccc1. The van der Waals surface area contributed by atoms with E-state index in [4.69, 9.17) is 9.47 Å². The Hall–Kier alpha value is -2.66. The second-order valence-electron chi connectivity index (χ2n) is 4.74. The van der Waals surface area contributed by atoms with Crippen molar-refractivity contribution in [1.29, 1.82) is 10.5 Å². The minimum absolute atomic E-state index is 0.185. The Bertz CT molecular complexity index is 699. The van der Waals surface area contributed by atoms with Gasteiger partial charge in [-0.25, -0.2) is 0 Å². The third-order valence-electron chi connectivity index (χ3n) is 3.66. The molecule has 1 aliphatic rings. The number of nitrogens with zero attached hydrogens (tertiary/aromatic N) is 2. The zero-order valence-electron chi connectivity index (χ0n) is 12.5. The summed E-state index contributed by atoms with van der Waals surface area (Å²) in [6.45, 7) is 0. The fraction of sp³-hybridized carbons (Fsp3) is 0.222. The van der Waals surface area contributed by atoms with Crippen molar-refractivity contribution in [2.75, 3.05) is 14.2 Å². The van der Waals surface area contributed by atoms with Crippen molar-refractivity contribution in [2.45, 2.75) is 5.79 Å². The molecule has 0 amide bonds. The number of allylic oxidation sites excluding steroid dienone is 2. The lowest BCUT2D eigenvalue weighted by Gasteiger charge is -2.37. The molecule has 0 fully saturated rings. The van der Waals surface area contributed by atoms with Crippen LogP contribution in [0.5, 0.6) is 0 Å². The summed E-state index contributed by atoms with van der Waals surface area (Å²) in [6, 6.07) is 13.9. The van der Waals surface area contributed by atoms with Crippen molar-refractivity contribution in [3.63, 3.8) is 0 Å². The molecule has 0 aliphatic heterocycles. The third kappa shape index (κ3) is 2.71. The van der Waals surface area contributed by atoms with E-state index in [1.807, 2.05) is 60.7 Å². The highest BCUT2D eigenvalue weighted by atomic mass is 16.7. The van der Waals surface area contributed by atoms with Gasteiger partial charge in [0.25, 0.3) is 0 Å². The monoisotopic (exact) mass is 292 g/mol. The first kappa shape index (κ1) is 15.7. The molecule has 1 aliphatic carbocycles. The smallest absolute Gasteiger partial charge is 0.215 e. The number of benzene rings is 1. The molecule has 1 aromatic rings. The number of nitriles is 2. The molecule has 0 radical (unpaired) electrons. The van der Waals surface area contributed by atoms with Gasteiger partial charge in [0.05, 0.1) is 11.5 Å². The lowest BCUT2D eigenvalue weighted by atomic mass is 9.83. The van der Waals surface area contributed by atoms with Crippen LogP contribution in [0.1, 0.15) is 5.56 Å². The van der Waals surface area contributed by atoms with Gasteiger partial charge in [0.1, 0.15) is 17.7 Å². The van der Waals surface area contributed by atoms with E-state index in [9.17, 15) is 10.5 Å². The lowest BCUT2D eigenvalue weighted by molar-refractivity contribution is -0.191. The Balaban J connectivity index is 2.43. The third-order valence-corrected chi connectivity index (χ3v) is 3.66. The van der Waals surface area contributed by atoms with Gasteiger partial charge >= 0.3 is 0 Å². The van der Waals surface area contributed by atoms with Crippen molar-refractivity contribution in [1.82, 2.24) is 0 Å². The van der Waals surface area contributed by atoms with Crippen molar-refractivity contribution < 1.29 is 9.47 Å². The largest absolute Gasteiger partial charge is 0.348 e. The molecule has 4 nitrogen and oxygen atoms in total. The minimum Gasteiger partial charge on any atom is -0.348 e. The predicted molar refractivity (Wildman–Crippen MR) is 83.1 cm³/mol. The maximum Gasteiger partial charge on any atom is 0.215 e. The molecule has 1 aromatic carbocycles. The van der Waals surface area contributed by atoms with Gasteiger partial charge in [0.15, 0.2) is 0 Å². The lowest BCUT2D eigenvalue weighted by Crippen LogP contribution is -2.44. The van der Waals surface area contributed by atoms with E-state index in [1.54, 1.807) is 6.08 Å². The Kier molecular flexibility index (Phi) is 4.91. The first-order chi connectivity index (χ1) is 10.7. The van der Waals surface area contributed by atoms with Gasteiger partial charge in [-0.1, -0.05) is 48.6 Å². The van der Waals surface area contributed by atoms with Crippen LogP contribution in [-0.4, -0.2) is 20.0 Å². The highest BCUT2D eigenvalue weighted by Gasteiger charge is 2.44. The average Bonchev–Trinajstić information content (AvgIpc) is 2.59. The van der Waals surface area contributed by atoms with Crippen LogP contribution in [-0.2, 0) is 9.47 Å². The van der Waals surface area contributed by atoms with Crippen molar-refractivity contribution in [3.05, 3.63) is 65.3 Å². The van der Waals surface area contributed by atoms with E-state index in [0.717, 1.165) is 5.56 Å². The van der Waals surface area contributed by atoms with Crippen LogP contribution in [0.3, 0.4) is 0 Å². The van der Waals surface area contributed by atoms with E-state index in [0.29, 0.717) is 0 Å². The zero-order valence-corrected chi connectivity index (χ0v) is 12.5. The number of hydrogen-bond donors (Lipinski definition) is 0. The van der Waals surface area contributed by atoms with E-state index in [-0.39, 0.29) is 17.1 Å². The van der Waals surface area contributed by atoms with Crippen LogP contribution in [0.15, 0.2) is 59.7 Å². The Morgan fingerprint density at radius 3 is 2.32 bits per heavy atom. The predicted octanol–water partition coefficient (Wildman–Crippen LogP) is 3.22. The molecule has 110 valence electrons. The van der Waals surface area contributed by atoms with Crippen molar-refractivity contribution in [3.8, 4) is 12.1 Å². The molecule has 0 bridgehead atoms. The molecule has 0 saturated heterocycles. The summed E-state index contributed by atoms with van der Waals surface area (Å²) in [5.74, 6) is -1.59. The van der Waals surface area contributed by atoms with Crippen LogP contribution in [0.25, 0.3) is 6.08 Å². The summed E-state index contributed by atoms with van der Waals surface area (Å²) < 4.78 is 11.0. The van der Waals surface area contributed by atoms with E-state index in [1.165, 1.54) is 14.2 Å². The summed E-state index contributed by atoms with van der Waals surface area (Å²) in [7, 11) is 2.94. The molecule has 0 saturated carbocycles. The number of rotatable bonds is 4. The van der Waals surface area contributed by atoms with Crippen LogP contribution >= 0.6 is 0 Å². The van der Waals surface area contributed by atoms with Crippen LogP contribution in [0.4, 0.5) is 0 Å². The molecule has 0 spiro atoms. The fourth-order valence-corrected chi connectivity index (χ4v) is 2.52. The molecule has 4 heteroatoms. The van der Waals surface area contributed by atoms with Crippen molar-refractivity contribution in [2.24, 2.45) is 5.92 Å². The Morgan fingerprint density at radius 1 is 1.09 bits per heavy atom. The van der Waals surface area contributed by atoms with Gasteiger partial charge < -0.3 is 9.47 Å². The summed E-state index contributed by atoms with van der Waals surface area (Å²) in [6.07, 6.45) is 7.29. The topological polar surface area (TPSA) is 66.0 Å². The molecule has 0 heterocycles.